The van der Waals surface area contributed by atoms with Gasteiger partial charge in [-0.25, -0.2) is 13.8 Å². The Bertz CT molecular complexity index is 857. The van der Waals surface area contributed by atoms with Crippen molar-refractivity contribution in [3.05, 3.63) is 53.1 Å². The average molecular weight is 409 g/mol. The molecule has 2 heterocycles. The standard InChI is InChI=1S/C19H19ClF2N4O2/c20-13-8-9-23-10-16(13)26-18(27)11-4-6-12(7-5-11)24-19(28)15-3-1-2-14(25-15)17(21)22/h1-3,8-12,17H,4-7H2,(H,24,28)(H,26,27). The van der Waals surface area contributed by atoms with Gasteiger partial charge < -0.3 is 10.6 Å². The topological polar surface area (TPSA) is 84.0 Å². The molecule has 0 spiro atoms. The molecule has 1 saturated carbocycles. The summed E-state index contributed by atoms with van der Waals surface area (Å²) in [5.41, 5.74) is 0.000516. The number of anilines is 1. The zero-order chi connectivity index (χ0) is 20.1. The van der Waals surface area contributed by atoms with Crippen LogP contribution < -0.4 is 10.6 Å². The molecule has 0 saturated heterocycles. The van der Waals surface area contributed by atoms with Gasteiger partial charge in [0.2, 0.25) is 5.91 Å². The second-order valence-electron chi connectivity index (χ2n) is 6.62. The van der Waals surface area contributed by atoms with Crippen LogP contribution in [0.5, 0.6) is 0 Å². The van der Waals surface area contributed by atoms with Gasteiger partial charge in [-0.2, -0.15) is 0 Å². The molecule has 0 aromatic carbocycles. The van der Waals surface area contributed by atoms with Crippen LogP contribution in [-0.2, 0) is 4.79 Å². The van der Waals surface area contributed by atoms with Gasteiger partial charge in [0, 0.05) is 18.2 Å². The van der Waals surface area contributed by atoms with E-state index in [0.717, 1.165) is 0 Å². The maximum absolute atomic E-state index is 12.7. The van der Waals surface area contributed by atoms with Gasteiger partial charge in [-0.3, -0.25) is 14.6 Å². The predicted octanol–water partition coefficient (Wildman–Crippen LogP) is 3.99. The number of nitrogens with zero attached hydrogens (tertiary/aromatic N) is 2. The smallest absolute Gasteiger partial charge is 0.280 e. The summed E-state index contributed by atoms with van der Waals surface area (Å²) < 4.78 is 25.4. The maximum atomic E-state index is 12.7. The van der Waals surface area contributed by atoms with E-state index in [2.05, 4.69) is 20.6 Å². The maximum Gasteiger partial charge on any atom is 0.280 e. The van der Waals surface area contributed by atoms with Crippen LogP contribution in [0.15, 0.2) is 36.7 Å². The Kier molecular flexibility index (Phi) is 6.51. The van der Waals surface area contributed by atoms with E-state index in [9.17, 15) is 18.4 Å². The number of hydrogen-bond donors (Lipinski definition) is 2. The number of amides is 2. The molecule has 1 fully saturated rings. The molecular weight excluding hydrogens is 390 g/mol. The molecule has 0 bridgehead atoms. The number of aromatic nitrogens is 2. The fourth-order valence-electron chi connectivity index (χ4n) is 3.16. The summed E-state index contributed by atoms with van der Waals surface area (Å²) in [7, 11) is 0. The molecular formula is C19H19ClF2N4O2. The molecule has 1 aliphatic rings. The Labute approximate surface area is 165 Å². The van der Waals surface area contributed by atoms with E-state index < -0.39 is 18.0 Å². The summed E-state index contributed by atoms with van der Waals surface area (Å²) in [6.45, 7) is 0. The van der Waals surface area contributed by atoms with Crippen LogP contribution >= 0.6 is 11.6 Å². The normalized spacial score (nSPS) is 19.3. The third kappa shape index (κ3) is 5.01. The Balaban J connectivity index is 1.51. The van der Waals surface area contributed by atoms with Crippen molar-refractivity contribution in [2.75, 3.05) is 5.32 Å². The average Bonchev–Trinajstić information content (AvgIpc) is 2.70. The number of carbonyl (C=O) groups excluding carboxylic acids is 2. The Morgan fingerprint density at radius 1 is 1.14 bits per heavy atom. The van der Waals surface area contributed by atoms with Crippen molar-refractivity contribution in [3.63, 3.8) is 0 Å². The Morgan fingerprint density at radius 2 is 1.89 bits per heavy atom. The predicted molar refractivity (Wildman–Crippen MR) is 100 cm³/mol. The van der Waals surface area contributed by atoms with Crippen molar-refractivity contribution in [2.45, 2.75) is 38.2 Å². The first-order valence-electron chi connectivity index (χ1n) is 8.90. The lowest BCUT2D eigenvalue weighted by Crippen LogP contribution is -2.40. The highest BCUT2D eigenvalue weighted by Gasteiger charge is 2.28. The largest absolute Gasteiger partial charge is 0.348 e. The molecule has 1 aliphatic carbocycles. The molecule has 0 unspecified atom stereocenters. The van der Waals surface area contributed by atoms with Crippen LogP contribution in [0.1, 0.15) is 48.3 Å². The molecule has 148 valence electrons. The monoisotopic (exact) mass is 408 g/mol. The number of pyridine rings is 2. The van der Waals surface area contributed by atoms with Crippen LogP contribution in [0, 0.1) is 5.92 Å². The quantitative estimate of drug-likeness (QED) is 0.783. The van der Waals surface area contributed by atoms with Crippen molar-refractivity contribution >= 4 is 29.1 Å². The first kappa shape index (κ1) is 20.1. The van der Waals surface area contributed by atoms with E-state index in [4.69, 9.17) is 11.6 Å². The fourth-order valence-corrected chi connectivity index (χ4v) is 3.32. The van der Waals surface area contributed by atoms with Crippen LogP contribution in [-0.4, -0.2) is 27.8 Å². The van der Waals surface area contributed by atoms with E-state index in [1.54, 1.807) is 6.07 Å². The first-order chi connectivity index (χ1) is 13.4. The SMILES string of the molecule is O=C(NC1CCC(C(=O)Nc2cnccc2Cl)CC1)c1cccc(C(F)F)n1. The molecule has 3 rings (SSSR count). The molecule has 2 aromatic rings. The molecule has 2 N–H and O–H groups in total. The lowest BCUT2D eigenvalue weighted by atomic mass is 9.85. The van der Waals surface area contributed by atoms with Gasteiger partial charge in [0.15, 0.2) is 0 Å². The van der Waals surface area contributed by atoms with Gasteiger partial charge in [-0.1, -0.05) is 17.7 Å². The summed E-state index contributed by atoms with van der Waals surface area (Å²) in [5.74, 6) is -0.812. The number of alkyl halides is 2. The third-order valence-electron chi connectivity index (χ3n) is 4.69. The van der Waals surface area contributed by atoms with E-state index >= 15 is 0 Å². The number of carbonyl (C=O) groups is 2. The molecule has 2 amide bonds. The molecule has 9 heteroatoms. The van der Waals surface area contributed by atoms with Gasteiger partial charge in [0.1, 0.15) is 11.4 Å². The first-order valence-corrected chi connectivity index (χ1v) is 9.28. The second kappa shape index (κ2) is 9.05. The minimum absolute atomic E-state index is 0.0381. The Hall–Kier alpha value is -2.61. The number of rotatable bonds is 5. The molecule has 0 aliphatic heterocycles. The zero-order valence-corrected chi connectivity index (χ0v) is 15.6. The van der Waals surface area contributed by atoms with Crippen molar-refractivity contribution in [2.24, 2.45) is 5.92 Å². The van der Waals surface area contributed by atoms with Crippen LogP contribution in [0.3, 0.4) is 0 Å². The summed E-state index contributed by atoms with van der Waals surface area (Å²) in [6.07, 6.45) is 2.72. The van der Waals surface area contributed by atoms with Crippen LogP contribution in [0.4, 0.5) is 14.5 Å². The van der Waals surface area contributed by atoms with E-state index in [0.29, 0.717) is 36.4 Å². The van der Waals surface area contributed by atoms with Crippen molar-refractivity contribution < 1.29 is 18.4 Å². The van der Waals surface area contributed by atoms with Gasteiger partial charge in [-0.05, 0) is 43.9 Å². The number of halogens is 3. The van der Waals surface area contributed by atoms with Crippen molar-refractivity contribution in [3.8, 4) is 0 Å². The van der Waals surface area contributed by atoms with Crippen molar-refractivity contribution in [1.29, 1.82) is 0 Å². The van der Waals surface area contributed by atoms with Crippen LogP contribution in [0.25, 0.3) is 0 Å². The summed E-state index contributed by atoms with van der Waals surface area (Å²) in [5, 5.41) is 6.01. The fraction of sp³-hybridized carbons (Fsp3) is 0.368. The minimum Gasteiger partial charge on any atom is -0.348 e. The highest BCUT2D eigenvalue weighted by Crippen LogP contribution is 2.27. The van der Waals surface area contributed by atoms with Crippen LogP contribution in [0.2, 0.25) is 5.02 Å². The lowest BCUT2D eigenvalue weighted by molar-refractivity contribution is -0.120. The highest BCUT2D eigenvalue weighted by atomic mass is 35.5. The second-order valence-corrected chi connectivity index (χ2v) is 7.02. The summed E-state index contributed by atoms with van der Waals surface area (Å²) >= 11 is 6.02. The van der Waals surface area contributed by atoms with Gasteiger partial charge >= 0.3 is 0 Å². The van der Waals surface area contributed by atoms with Gasteiger partial charge in [-0.15, -0.1) is 0 Å². The number of nitrogens with one attached hydrogen (secondary N) is 2. The lowest BCUT2D eigenvalue weighted by Gasteiger charge is -2.28. The van der Waals surface area contributed by atoms with Gasteiger partial charge in [0.05, 0.1) is 16.9 Å². The Morgan fingerprint density at radius 3 is 2.57 bits per heavy atom. The van der Waals surface area contributed by atoms with Gasteiger partial charge in [0.25, 0.3) is 12.3 Å². The van der Waals surface area contributed by atoms with E-state index in [-0.39, 0.29) is 23.6 Å². The number of hydrogen-bond acceptors (Lipinski definition) is 4. The van der Waals surface area contributed by atoms with Crippen molar-refractivity contribution in [1.82, 2.24) is 15.3 Å². The molecule has 6 nitrogen and oxygen atoms in total. The summed E-state index contributed by atoms with van der Waals surface area (Å²) in [4.78, 5) is 32.3. The van der Waals surface area contributed by atoms with E-state index in [1.165, 1.54) is 30.6 Å². The minimum atomic E-state index is -2.73. The zero-order valence-electron chi connectivity index (χ0n) is 14.9. The molecule has 0 radical (unpaired) electrons. The molecule has 28 heavy (non-hydrogen) atoms. The molecule has 2 aromatic heterocycles. The summed E-state index contributed by atoms with van der Waals surface area (Å²) in [6, 6.07) is 5.43. The third-order valence-corrected chi connectivity index (χ3v) is 5.02. The highest BCUT2D eigenvalue weighted by molar-refractivity contribution is 6.33. The van der Waals surface area contributed by atoms with E-state index in [1.807, 2.05) is 0 Å². The molecule has 0 atom stereocenters.